The second-order valence-electron chi connectivity index (χ2n) is 5.59. The Labute approximate surface area is 146 Å². The number of aliphatic hydroxyl groups excluding tert-OH is 1. The third-order valence-electron chi connectivity index (χ3n) is 3.11. The van der Waals surface area contributed by atoms with E-state index in [9.17, 15) is 18.3 Å². The average Bonchev–Trinajstić information content (AvgIpc) is 2.54. The van der Waals surface area contributed by atoms with E-state index in [2.05, 4.69) is 15.6 Å². The topological polar surface area (TPSA) is 120 Å². The second kappa shape index (κ2) is 7.95. The van der Waals surface area contributed by atoms with Crippen LogP contribution in [0.1, 0.15) is 19.4 Å². The standard InChI is InChI=1S/C16H20N4O4S/c1-11(2)18-16(22)20-25(23,24)15-9-17-7-6-14(15)19-13-5-3-4-12(8-13)10-21/h3-9,11,21H,10H2,1-2H3,(H,17,19)(H2,18,20,22). The molecule has 0 saturated carbocycles. The maximum absolute atomic E-state index is 12.5. The highest BCUT2D eigenvalue weighted by Crippen LogP contribution is 2.24. The minimum atomic E-state index is -4.11. The van der Waals surface area contributed by atoms with Gasteiger partial charge in [-0.05, 0) is 37.6 Å². The van der Waals surface area contributed by atoms with Crippen molar-refractivity contribution < 1.29 is 18.3 Å². The van der Waals surface area contributed by atoms with Crippen molar-refractivity contribution in [3.63, 3.8) is 0 Å². The van der Waals surface area contributed by atoms with Gasteiger partial charge in [-0.15, -0.1) is 0 Å². The molecule has 0 saturated heterocycles. The average molecular weight is 364 g/mol. The van der Waals surface area contributed by atoms with Gasteiger partial charge in [0, 0.05) is 24.1 Å². The van der Waals surface area contributed by atoms with Crippen LogP contribution in [0.2, 0.25) is 0 Å². The van der Waals surface area contributed by atoms with Gasteiger partial charge in [0.2, 0.25) is 0 Å². The Hall–Kier alpha value is -2.65. The number of aromatic nitrogens is 1. The molecule has 0 fully saturated rings. The van der Waals surface area contributed by atoms with E-state index in [4.69, 9.17) is 0 Å². The van der Waals surface area contributed by atoms with Crippen molar-refractivity contribution in [3.05, 3.63) is 48.3 Å². The zero-order valence-electron chi connectivity index (χ0n) is 13.9. The zero-order valence-corrected chi connectivity index (χ0v) is 14.7. The van der Waals surface area contributed by atoms with Gasteiger partial charge in [-0.3, -0.25) is 4.98 Å². The van der Waals surface area contributed by atoms with E-state index in [-0.39, 0.29) is 23.2 Å². The van der Waals surface area contributed by atoms with Gasteiger partial charge < -0.3 is 15.7 Å². The van der Waals surface area contributed by atoms with Gasteiger partial charge in [-0.2, -0.15) is 0 Å². The number of urea groups is 1. The van der Waals surface area contributed by atoms with Crippen LogP contribution in [-0.4, -0.2) is 30.6 Å². The molecule has 1 aromatic heterocycles. The number of rotatable bonds is 6. The highest BCUT2D eigenvalue weighted by Gasteiger charge is 2.22. The summed E-state index contributed by atoms with van der Waals surface area (Å²) in [5.41, 5.74) is 1.54. The molecule has 0 atom stereocenters. The molecule has 2 rings (SSSR count). The Morgan fingerprint density at radius 2 is 2.04 bits per heavy atom. The monoisotopic (exact) mass is 364 g/mol. The van der Waals surface area contributed by atoms with Crippen LogP contribution in [0.15, 0.2) is 47.6 Å². The Bertz CT molecular complexity index is 853. The molecular formula is C16H20N4O4S. The summed E-state index contributed by atoms with van der Waals surface area (Å²) < 4.78 is 26.9. The molecule has 0 bridgehead atoms. The number of hydrogen-bond donors (Lipinski definition) is 4. The summed E-state index contributed by atoms with van der Waals surface area (Å²) in [6.07, 6.45) is 2.59. The number of carbonyl (C=O) groups excluding carboxylic acids is 1. The molecule has 2 amide bonds. The first-order valence-electron chi connectivity index (χ1n) is 7.56. The van der Waals surface area contributed by atoms with Crippen LogP contribution in [0, 0.1) is 0 Å². The van der Waals surface area contributed by atoms with Crippen LogP contribution < -0.4 is 15.4 Å². The molecule has 0 radical (unpaired) electrons. The number of sulfonamides is 1. The Morgan fingerprint density at radius 3 is 2.72 bits per heavy atom. The highest BCUT2D eigenvalue weighted by atomic mass is 32.2. The van der Waals surface area contributed by atoms with E-state index in [1.165, 1.54) is 12.3 Å². The fraction of sp³-hybridized carbons (Fsp3) is 0.250. The summed E-state index contributed by atoms with van der Waals surface area (Å²) >= 11 is 0. The third kappa shape index (κ3) is 5.16. The summed E-state index contributed by atoms with van der Waals surface area (Å²) in [7, 11) is -4.11. The minimum Gasteiger partial charge on any atom is -0.392 e. The number of carbonyl (C=O) groups is 1. The molecule has 0 spiro atoms. The van der Waals surface area contributed by atoms with Crippen molar-refractivity contribution in [1.82, 2.24) is 15.0 Å². The van der Waals surface area contributed by atoms with Crippen molar-refractivity contribution in [2.75, 3.05) is 5.32 Å². The van der Waals surface area contributed by atoms with E-state index < -0.39 is 16.1 Å². The normalized spacial score (nSPS) is 11.2. The molecule has 134 valence electrons. The number of aliphatic hydroxyl groups is 1. The number of hydrogen-bond acceptors (Lipinski definition) is 6. The fourth-order valence-electron chi connectivity index (χ4n) is 2.07. The molecule has 9 heteroatoms. The van der Waals surface area contributed by atoms with E-state index in [0.29, 0.717) is 11.3 Å². The smallest absolute Gasteiger partial charge is 0.328 e. The number of amides is 2. The molecular weight excluding hydrogens is 344 g/mol. The molecule has 1 aromatic carbocycles. The lowest BCUT2D eigenvalue weighted by Gasteiger charge is -2.14. The lowest BCUT2D eigenvalue weighted by molar-refractivity contribution is 0.243. The van der Waals surface area contributed by atoms with Gasteiger partial charge in [0.25, 0.3) is 10.0 Å². The molecule has 4 N–H and O–H groups in total. The van der Waals surface area contributed by atoms with Crippen LogP contribution in [0.4, 0.5) is 16.2 Å². The van der Waals surface area contributed by atoms with Gasteiger partial charge in [-0.25, -0.2) is 17.9 Å². The molecule has 0 unspecified atom stereocenters. The van der Waals surface area contributed by atoms with E-state index in [0.717, 1.165) is 6.20 Å². The summed E-state index contributed by atoms with van der Waals surface area (Å²) in [6, 6.07) is 7.37. The SMILES string of the molecule is CC(C)NC(=O)NS(=O)(=O)c1cnccc1Nc1cccc(CO)c1. The van der Waals surface area contributed by atoms with Gasteiger partial charge in [-0.1, -0.05) is 12.1 Å². The van der Waals surface area contributed by atoms with Gasteiger partial charge in [0.1, 0.15) is 4.90 Å². The third-order valence-corrected chi connectivity index (χ3v) is 4.47. The van der Waals surface area contributed by atoms with Crippen LogP contribution in [0.3, 0.4) is 0 Å². The Morgan fingerprint density at radius 1 is 1.28 bits per heavy atom. The molecule has 0 aliphatic carbocycles. The maximum atomic E-state index is 12.5. The molecule has 0 aliphatic heterocycles. The van der Waals surface area contributed by atoms with Crippen molar-refractivity contribution in [2.24, 2.45) is 0 Å². The molecule has 0 aliphatic rings. The number of benzene rings is 1. The first-order valence-corrected chi connectivity index (χ1v) is 9.04. The zero-order chi connectivity index (χ0) is 18.4. The number of anilines is 2. The van der Waals surface area contributed by atoms with Crippen LogP contribution >= 0.6 is 0 Å². The molecule has 1 heterocycles. The minimum absolute atomic E-state index is 0.131. The first-order chi connectivity index (χ1) is 11.8. The predicted octanol–water partition coefficient (Wildman–Crippen LogP) is 1.71. The maximum Gasteiger partial charge on any atom is 0.328 e. The van der Waals surface area contributed by atoms with E-state index in [1.54, 1.807) is 38.1 Å². The van der Waals surface area contributed by atoms with Gasteiger partial charge in [0.15, 0.2) is 0 Å². The largest absolute Gasteiger partial charge is 0.392 e. The fourth-order valence-corrected chi connectivity index (χ4v) is 3.09. The summed E-state index contributed by atoms with van der Waals surface area (Å²) in [6.45, 7) is 3.31. The molecule has 2 aromatic rings. The lowest BCUT2D eigenvalue weighted by atomic mass is 10.2. The van der Waals surface area contributed by atoms with Gasteiger partial charge in [0.05, 0.1) is 12.3 Å². The first kappa shape index (κ1) is 18.7. The number of nitrogens with one attached hydrogen (secondary N) is 3. The van der Waals surface area contributed by atoms with Gasteiger partial charge >= 0.3 is 6.03 Å². The van der Waals surface area contributed by atoms with Crippen molar-refractivity contribution >= 4 is 27.4 Å². The second-order valence-corrected chi connectivity index (χ2v) is 7.24. The van der Waals surface area contributed by atoms with Crippen molar-refractivity contribution in [2.45, 2.75) is 31.4 Å². The summed E-state index contributed by atoms with van der Waals surface area (Å²) in [5.74, 6) is 0. The van der Waals surface area contributed by atoms with Crippen molar-refractivity contribution in [3.8, 4) is 0 Å². The van der Waals surface area contributed by atoms with Crippen LogP contribution in [0.5, 0.6) is 0 Å². The Kier molecular flexibility index (Phi) is 5.94. The van der Waals surface area contributed by atoms with Crippen LogP contribution in [-0.2, 0) is 16.6 Å². The van der Waals surface area contributed by atoms with E-state index >= 15 is 0 Å². The number of pyridine rings is 1. The molecule has 8 nitrogen and oxygen atoms in total. The number of nitrogens with zero attached hydrogens (tertiary/aromatic N) is 1. The van der Waals surface area contributed by atoms with Crippen molar-refractivity contribution in [1.29, 1.82) is 0 Å². The quantitative estimate of drug-likeness (QED) is 0.619. The molecule has 25 heavy (non-hydrogen) atoms. The van der Waals surface area contributed by atoms with E-state index in [1.807, 2.05) is 4.72 Å². The summed E-state index contributed by atoms with van der Waals surface area (Å²) in [4.78, 5) is 15.4. The Balaban J connectivity index is 2.29. The summed E-state index contributed by atoms with van der Waals surface area (Å²) in [5, 5.41) is 14.6. The predicted molar refractivity (Wildman–Crippen MR) is 93.9 cm³/mol. The highest BCUT2D eigenvalue weighted by molar-refractivity contribution is 7.90. The lowest BCUT2D eigenvalue weighted by Crippen LogP contribution is -2.42. The van der Waals surface area contributed by atoms with Crippen LogP contribution in [0.25, 0.3) is 0 Å².